The Morgan fingerprint density at radius 3 is 2.70 bits per heavy atom. The maximum Gasteiger partial charge on any atom is 0.215 e. The number of hydrogen-bond donors (Lipinski definition) is 2. The zero-order valence-electron chi connectivity index (χ0n) is 11.9. The molecule has 2 aromatic rings. The number of benzene rings is 1. The number of ketones is 1. The first kappa shape index (κ1) is 14.3. The lowest BCUT2D eigenvalue weighted by Crippen LogP contribution is -2.41. The maximum absolute atomic E-state index is 11.3. The summed E-state index contributed by atoms with van der Waals surface area (Å²) in [4.78, 5) is 11.3. The van der Waals surface area contributed by atoms with Gasteiger partial charge in [0.25, 0.3) is 0 Å². The highest BCUT2D eigenvalue weighted by atomic mass is 16.3. The van der Waals surface area contributed by atoms with E-state index in [1.165, 1.54) is 5.56 Å². The third-order valence-electron chi connectivity index (χ3n) is 3.32. The lowest BCUT2D eigenvalue weighted by molar-refractivity contribution is -0.123. The fourth-order valence-electron chi connectivity index (χ4n) is 2.17. The SMILES string of the molecule is CC.CCc1ccc2cnn(C3=C(N)C(=O)C3O)c2c1. The van der Waals surface area contributed by atoms with Crippen molar-refractivity contribution in [2.24, 2.45) is 5.73 Å². The second-order valence-electron chi connectivity index (χ2n) is 4.37. The van der Waals surface area contributed by atoms with Crippen LogP contribution in [0.4, 0.5) is 0 Å². The monoisotopic (exact) mass is 273 g/mol. The molecule has 20 heavy (non-hydrogen) atoms. The molecule has 0 bridgehead atoms. The van der Waals surface area contributed by atoms with Crippen LogP contribution in [0.3, 0.4) is 0 Å². The first-order valence-electron chi connectivity index (χ1n) is 6.82. The fraction of sp³-hybridized carbons (Fsp3) is 0.333. The average Bonchev–Trinajstić information content (AvgIpc) is 2.91. The van der Waals surface area contributed by atoms with Crippen molar-refractivity contribution >= 4 is 22.4 Å². The Morgan fingerprint density at radius 2 is 2.10 bits per heavy atom. The molecule has 106 valence electrons. The van der Waals surface area contributed by atoms with Crippen molar-refractivity contribution in [3.8, 4) is 0 Å². The highest BCUT2D eigenvalue weighted by Crippen LogP contribution is 2.29. The van der Waals surface area contributed by atoms with Crippen molar-refractivity contribution in [1.29, 1.82) is 0 Å². The molecule has 0 aliphatic heterocycles. The number of aryl methyl sites for hydroxylation is 1. The van der Waals surface area contributed by atoms with Gasteiger partial charge in [0.15, 0.2) is 6.10 Å². The van der Waals surface area contributed by atoms with Gasteiger partial charge in [0.2, 0.25) is 5.78 Å². The van der Waals surface area contributed by atoms with E-state index in [1.807, 2.05) is 32.0 Å². The maximum atomic E-state index is 11.3. The summed E-state index contributed by atoms with van der Waals surface area (Å²) in [7, 11) is 0. The summed E-state index contributed by atoms with van der Waals surface area (Å²) in [5.41, 5.74) is 8.12. The van der Waals surface area contributed by atoms with E-state index >= 15 is 0 Å². The molecule has 3 N–H and O–H groups in total. The van der Waals surface area contributed by atoms with Crippen LogP contribution in [0.5, 0.6) is 0 Å². The van der Waals surface area contributed by atoms with Crippen molar-refractivity contribution in [2.75, 3.05) is 0 Å². The van der Waals surface area contributed by atoms with Gasteiger partial charge in [-0.1, -0.05) is 32.9 Å². The highest BCUT2D eigenvalue weighted by Gasteiger charge is 2.38. The van der Waals surface area contributed by atoms with E-state index in [0.29, 0.717) is 5.70 Å². The molecule has 0 saturated heterocycles. The number of aliphatic hydroxyl groups excluding tert-OH is 1. The molecule has 0 radical (unpaired) electrons. The molecule has 0 amide bonds. The Balaban J connectivity index is 0.000000704. The summed E-state index contributed by atoms with van der Waals surface area (Å²) >= 11 is 0. The molecule has 1 aliphatic carbocycles. The van der Waals surface area contributed by atoms with Gasteiger partial charge < -0.3 is 10.8 Å². The average molecular weight is 273 g/mol. The minimum atomic E-state index is -1.15. The number of rotatable bonds is 2. The fourth-order valence-corrected chi connectivity index (χ4v) is 2.17. The van der Waals surface area contributed by atoms with E-state index < -0.39 is 11.9 Å². The van der Waals surface area contributed by atoms with Gasteiger partial charge in [-0.3, -0.25) is 4.79 Å². The number of aromatic nitrogens is 2. The van der Waals surface area contributed by atoms with Crippen molar-refractivity contribution < 1.29 is 9.90 Å². The van der Waals surface area contributed by atoms with Crippen LogP contribution in [-0.4, -0.2) is 26.8 Å². The number of nitrogens with zero attached hydrogens (tertiary/aromatic N) is 2. The first-order valence-corrected chi connectivity index (χ1v) is 6.82. The van der Waals surface area contributed by atoms with Gasteiger partial charge in [-0.2, -0.15) is 5.10 Å². The van der Waals surface area contributed by atoms with Crippen LogP contribution < -0.4 is 5.73 Å². The summed E-state index contributed by atoms with van der Waals surface area (Å²) in [5, 5.41) is 14.8. The second-order valence-corrected chi connectivity index (χ2v) is 4.37. The quantitative estimate of drug-likeness (QED) is 0.872. The van der Waals surface area contributed by atoms with Crippen LogP contribution in [0, 0.1) is 0 Å². The number of hydrogen-bond acceptors (Lipinski definition) is 4. The number of aliphatic hydroxyl groups is 1. The van der Waals surface area contributed by atoms with Gasteiger partial charge in [-0.15, -0.1) is 0 Å². The van der Waals surface area contributed by atoms with Crippen molar-refractivity contribution in [2.45, 2.75) is 33.3 Å². The molecule has 0 fully saturated rings. The van der Waals surface area contributed by atoms with Crippen molar-refractivity contribution in [1.82, 2.24) is 9.78 Å². The van der Waals surface area contributed by atoms with Crippen LogP contribution in [0.1, 0.15) is 26.3 Å². The Kier molecular flexibility index (Phi) is 3.90. The predicted molar refractivity (Wildman–Crippen MR) is 78.9 cm³/mol. The van der Waals surface area contributed by atoms with Gasteiger partial charge in [-0.25, -0.2) is 4.68 Å². The molecular formula is C15H19N3O2. The van der Waals surface area contributed by atoms with E-state index in [-0.39, 0.29) is 5.70 Å². The normalized spacial score (nSPS) is 17.8. The Bertz CT molecular complexity index is 685. The van der Waals surface area contributed by atoms with Gasteiger partial charge in [0.1, 0.15) is 11.4 Å². The van der Waals surface area contributed by atoms with Crippen LogP contribution in [-0.2, 0) is 11.2 Å². The summed E-state index contributed by atoms with van der Waals surface area (Å²) in [6, 6.07) is 6.01. The van der Waals surface area contributed by atoms with Crippen LogP contribution in [0.25, 0.3) is 16.6 Å². The number of Topliss-reactive ketones (excluding diaryl/α,β-unsaturated/α-hetero) is 1. The smallest absolute Gasteiger partial charge is 0.215 e. The summed E-state index contributed by atoms with van der Waals surface area (Å²) in [5.74, 6) is -0.430. The van der Waals surface area contributed by atoms with Gasteiger partial charge in [0.05, 0.1) is 11.7 Å². The Morgan fingerprint density at radius 1 is 1.40 bits per heavy atom. The number of nitrogens with two attached hydrogens (primary N) is 1. The second kappa shape index (κ2) is 5.46. The van der Waals surface area contributed by atoms with Crippen LogP contribution >= 0.6 is 0 Å². The lowest BCUT2D eigenvalue weighted by Gasteiger charge is -2.25. The van der Waals surface area contributed by atoms with Gasteiger partial charge in [0, 0.05) is 5.39 Å². The van der Waals surface area contributed by atoms with E-state index in [2.05, 4.69) is 12.0 Å². The molecule has 5 heteroatoms. The third-order valence-corrected chi connectivity index (χ3v) is 3.32. The number of fused-ring (bicyclic) bond motifs is 1. The number of carbonyl (C=O) groups is 1. The van der Waals surface area contributed by atoms with Crippen molar-refractivity contribution in [3.63, 3.8) is 0 Å². The van der Waals surface area contributed by atoms with Crippen LogP contribution in [0.2, 0.25) is 0 Å². The molecule has 0 spiro atoms. The first-order chi connectivity index (χ1) is 9.63. The molecular weight excluding hydrogens is 254 g/mol. The standard InChI is InChI=1S/C13H13N3O2.C2H6/c1-2-7-3-4-8-6-15-16(9(8)5-7)11-10(14)12(17)13(11)18;1-2/h3-6,13,18H,2,14H2,1H3;1-2H3. The van der Waals surface area contributed by atoms with Crippen LogP contribution in [0.15, 0.2) is 30.1 Å². The molecule has 3 rings (SSSR count). The number of carbonyl (C=O) groups excluding carboxylic acids is 1. The molecule has 0 saturated carbocycles. The lowest BCUT2D eigenvalue weighted by atomic mass is 9.96. The largest absolute Gasteiger partial charge is 0.394 e. The molecule has 1 aromatic heterocycles. The third kappa shape index (κ3) is 2.00. The minimum absolute atomic E-state index is 0.0920. The summed E-state index contributed by atoms with van der Waals surface area (Å²) in [6.45, 7) is 6.07. The topological polar surface area (TPSA) is 81.1 Å². The van der Waals surface area contributed by atoms with Crippen molar-refractivity contribution in [3.05, 3.63) is 35.7 Å². The zero-order valence-corrected chi connectivity index (χ0v) is 11.9. The van der Waals surface area contributed by atoms with E-state index in [0.717, 1.165) is 17.3 Å². The summed E-state index contributed by atoms with van der Waals surface area (Å²) < 4.78 is 1.55. The molecule has 1 heterocycles. The molecule has 5 nitrogen and oxygen atoms in total. The highest BCUT2D eigenvalue weighted by molar-refractivity contribution is 6.17. The van der Waals surface area contributed by atoms with E-state index in [9.17, 15) is 9.90 Å². The van der Waals surface area contributed by atoms with Gasteiger partial charge in [-0.05, 0) is 18.1 Å². The van der Waals surface area contributed by atoms with E-state index in [4.69, 9.17) is 5.73 Å². The summed E-state index contributed by atoms with van der Waals surface area (Å²) in [6.07, 6.45) is 1.46. The predicted octanol–water partition coefficient (Wildman–Crippen LogP) is 1.70. The Hall–Kier alpha value is -2.14. The Labute approximate surface area is 117 Å². The van der Waals surface area contributed by atoms with E-state index in [1.54, 1.807) is 10.9 Å². The van der Waals surface area contributed by atoms with Gasteiger partial charge >= 0.3 is 0 Å². The molecule has 1 aliphatic rings. The molecule has 1 unspecified atom stereocenters. The zero-order chi connectivity index (χ0) is 14.9. The molecule has 1 aromatic carbocycles. The molecule has 1 atom stereocenters. The minimum Gasteiger partial charge on any atom is -0.394 e.